The van der Waals surface area contributed by atoms with Crippen molar-refractivity contribution < 1.29 is 0 Å². The summed E-state index contributed by atoms with van der Waals surface area (Å²) in [4.78, 5) is 9.55. The van der Waals surface area contributed by atoms with Gasteiger partial charge in [0, 0.05) is 17.1 Å². The zero-order valence-electron chi connectivity index (χ0n) is 13.4. The number of hydrogen-bond donors (Lipinski definition) is 0. The van der Waals surface area contributed by atoms with Crippen LogP contribution in [0.2, 0.25) is 0 Å². The minimum atomic E-state index is 0.916. The molecular weight excluding hydrogens is 300 g/mol. The normalized spacial score (nSPS) is 14.0. The summed E-state index contributed by atoms with van der Waals surface area (Å²) in [6, 6.07) is 15.1. The van der Waals surface area contributed by atoms with Crippen LogP contribution >= 0.6 is 11.8 Å². The smallest absolute Gasteiger partial charge is 0.188 e. The first kappa shape index (κ1) is 14.7. The topological polar surface area (TPSA) is 25.8 Å². The maximum atomic E-state index is 4.82. The first-order valence-electron chi connectivity index (χ1n) is 8.27. The van der Waals surface area contributed by atoms with Crippen LogP contribution in [-0.2, 0) is 18.6 Å². The van der Waals surface area contributed by atoms with E-state index in [9.17, 15) is 0 Å². The van der Waals surface area contributed by atoms with E-state index in [0.717, 1.165) is 23.8 Å². The molecule has 0 radical (unpaired) electrons. The van der Waals surface area contributed by atoms with Crippen molar-refractivity contribution in [3.05, 3.63) is 65.0 Å². The average Bonchev–Trinajstić information content (AvgIpc) is 2.60. The maximum absolute atomic E-state index is 4.82. The van der Waals surface area contributed by atoms with E-state index < -0.39 is 0 Å². The monoisotopic (exact) mass is 320 g/mol. The van der Waals surface area contributed by atoms with Gasteiger partial charge in [0.05, 0.1) is 0 Å². The molecule has 0 amide bonds. The second-order valence-corrected chi connectivity index (χ2v) is 7.09. The van der Waals surface area contributed by atoms with E-state index in [2.05, 4.69) is 49.4 Å². The predicted octanol–water partition coefficient (Wildman–Crippen LogP) is 5.11. The number of fused-ring (bicyclic) bond motifs is 2. The van der Waals surface area contributed by atoms with Crippen molar-refractivity contribution in [1.82, 2.24) is 9.97 Å². The largest absolute Gasteiger partial charge is 0.228 e. The second kappa shape index (κ2) is 6.32. The van der Waals surface area contributed by atoms with E-state index in [1.807, 2.05) is 0 Å². The van der Waals surface area contributed by atoms with Crippen LogP contribution in [0.3, 0.4) is 0 Å². The summed E-state index contributed by atoms with van der Waals surface area (Å²) >= 11 is 1.75. The van der Waals surface area contributed by atoms with Crippen LogP contribution in [0.4, 0.5) is 0 Å². The predicted molar refractivity (Wildman–Crippen MR) is 96.9 cm³/mol. The molecule has 0 atom stereocenters. The quantitative estimate of drug-likeness (QED) is 0.495. The van der Waals surface area contributed by atoms with Gasteiger partial charge in [0.2, 0.25) is 0 Å². The lowest BCUT2D eigenvalue weighted by atomic mass is 9.95. The van der Waals surface area contributed by atoms with Gasteiger partial charge in [0.1, 0.15) is 0 Å². The number of hydrogen-bond acceptors (Lipinski definition) is 3. The summed E-state index contributed by atoms with van der Waals surface area (Å²) in [6.45, 7) is 2.13. The van der Waals surface area contributed by atoms with Crippen molar-refractivity contribution in [2.24, 2.45) is 0 Å². The molecule has 4 rings (SSSR count). The third kappa shape index (κ3) is 2.98. The standard InChI is InChI=1S/C20H20N2S/c1-14-17-10-4-5-12-19(17)22-20(21-14)23-13-16-9-6-8-15-7-2-3-11-18(15)16/h2-3,6-9,11H,4-5,10,12-13H2,1H3. The molecule has 0 unspecified atom stereocenters. The lowest BCUT2D eigenvalue weighted by Crippen LogP contribution is -2.10. The molecule has 0 N–H and O–H groups in total. The van der Waals surface area contributed by atoms with Gasteiger partial charge in [-0.25, -0.2) is 9.97 Å². The lowest BCUT2D eigenvalue weighted by molar-refractivity contribution is 0.642. The Labute approximate surface area is 141 Å². The Morgan fingerprint density at radius 3 is 2.74 bits per heavy atom. The molecule has 0 saturated carbocycles. The number of aryl methyl sites for hydroxylation is 2. The van der Waals surface area contributed by atoms with Gasteiger partial charge in [-0.15, -0.1) is 0 Å². The molecule has 0 aliphatic heterocycles. The summed E-state index contributed by atoms with van der Waals surface area (Å²) in [5, 5.41) is 3.56. The average molecular weight is 320 g/mol. The fourth-order valence-electron chi connectivity index (χ4n) is 3.38. The Balaban J connectivity index is 1.60. The summed E-state index contributed by atoms with van der Waals surface area (Å²) in [5.41, 5.74) is 5.21. The van der Waals surface area contributed by atoms with Gasteiger partial charge in [0.25, 0.3) is 0 Å². The van der Waals surface area contributed by atoms with E-state index in [1.54, 1.807) is 11.8 Å². The van der Waals surface area contributed by atoms with E-state index in [-0.39, 0.29) is 0 Å². The van der Waals surface area contributed by atoms with Gasteiger partial charge in [-0.05, 0) is 54.5 Å². The summed E-state index contributed by atoms with van der Waals surface area (Å²) in [6.07, 6.45) is 4.80. The molecule has 1 aliphatic carbocycles. The molecule has 1 heterocycles. The Kier molecular flexibility index (Phi) is 4.04. The molecular formula is C20H20N2S. The molecule has 116 valence electrons. The highest BCUT2D eigenvalue weighted by Crippen LogP contribution is 2.28. The minimum Gasteiger partial charge on any atom is -0.228 e. The van der Waals surface area contributed by atoms with Gasteiger partial charge in [-0.1, -0.05) is 54.2 Å². The minimum absolute atomic E-state index is 0.916. The highest BCUT2D eigenvalue weighted by atomic mass is 32.2. The molecule has 2 nitrogen and oxygen atoms in total. The second-order valence-electron chi connectivity index (χ2n) is 6.15. The van der Waals surface area contributed by atoms with Gasteiger partial charge in [0.15, 0.2) is 5.16 Å². The zero-order chi connectivity index (χ0) is 15.6. The van der Waals surface area contributed by atoms with E-state index >= 15 is 0 Å². The highest BCUT2D eigenvalue weighted by Gasteiger charge is 2.15. The fourth-order valence-corrected chi connectivity index (χ4v) is 4.29. The van der Waals surface area contributed by atoms with Crippen molar-refractivity contribution in [1.29, 1.82) is 0 Å². The van der Waals surface area contributed by atoms with E-state index in [4.69, 9.17) is 9.97 Å². The first-order chi connectivity index (χ1) is 11.3. The fraction of sp³-hybridized carbons (Fsp3) is 0.300. The number of thioether (sulfide) groups is 1. The zero-order valence-corrected chi connectivity index (χ0v) is 14.2. The number of aromatic nitrogens is 2. The van der Waals surface area contributed by atoms with Crippen LogP contribution in [0, 0.1) is 6.92 Å². The number of rotatable bonds is 3. The Morgan fingerprint density at radius 1 is 0.957 bits per heavy atom. The Bertz CT molecular complexity index is 852. The summed E-state index contributed by atoms with van der Waals surface area (Å²) < 4.78 is 0. The molecule has 3 heteroatoms. The van der Waals surface area contributed by atoms with Crippen molar-refractivity contribution in [2.75, 3.05) is 0 Å². The number of nitrogens with zero attached hydrogens (tertiary/aromatic N) is 2. The molecule has 3 aromatic rings. The Hall–Kier alpha value is -1.87. The van der Waals surface area contributed by atoms with Crippen LogP contribution in [0.25, 0.3) is 10.8 Å². The Morgan fingerprint density at radius 2 is 1.78 bits per heavy atom. The molecule has 0 saturated heterocycles. The maximum Gasteiger partial charge on any atom is 0.188 e. The van der Waals surface area contributed by atoms with Crippen molar-refractivity contribution in [3.63, 3.8) is 0 Å². The molecule has 23 heavy (non-hydrogen) atoms. The molecule has 0 fully saturated rings. The van der Waals surface area contributed by atoms with Crippen molar-refractivity contribution >= 4 is 22.5 Å². The van der Waals surface area contributed by atoms with E-state index in [0.29, 0.717) is 0 Å². The van der Waals surface area contributed by atoms with Gasteiger partial charge < -0.3 is 0 Å². The molecule has 1 aromatic heterocycles. The molecule has 0 spiro atoms. The van der Waals surface area contributed by atoms with Crippen LogP contribution in [-0.4, -0.2) is 9.97 Å². The van der Waals surface area contributed by atoms with Crippen LogP contribution < -0.4 is 0 Å². The number of benzene rings is 2. The highest BCUT2D eigenvalue weighted by molar-refractivity contribution is 7.98. The van der Waals surface area contributed by atoms with Gasteiger partial charge in [-0.3, -0.25) is 0 Å². The molecule has 0 bridgehead atoms. The van der Waals surface area contributed by atoms with Crippen molar-refractivity contribution in [3.8, 4) is 0 Å². The van der Waals surface area contributed by atoms with E-state index in [1.165, 1.54) is 46.1 Å². The van der Waals surface area contributed by atoms with Crippen LogP contribution in [0.15, 0.2) is 47.6 Å². The summed E-state index contributed by atoms with van der Waals surface area (Å²) in [5.74, 6) is 0.916. The van der Waals surface area contributed by atoms with Crippen LogP contribution in [0.5, 0.6) is 0 Å². The molecule has 2 aromatic carbocycles. The first-order valence-corrected chi connectivity index (χ1v) is 9.25. The van der Waals surface area contributed by atoms with Gasteiger partial charge in [-0.2, -0.15) is 0 Å². The lowest BCUT2D eigenvalue weighted by Gasteiger charge is -2.17. The molecule has 1 aliphatic rings. The third-order valence-electron chi connectivity index (χ3n) is 4.61. The summed E-state index contributed by atoms with van der Waals surface area (Å²) in [7, 11) is 0. The third-order valence-corrected chi connectivity index (χ3v) is 5.50. The van der Waals surface area contributed by atoms with Crippen molar-refractivity contribution in [2.45, 2.75) is 43.5 Å². The SMILES string of the molecule is Cc1nc(SCc2cccc3ccccc23)nc2c1CCCC2. The van der Waals surface area contributed by atoms with Gasteiger partial charge >= 0.3 is 0 Å². The van der Waals surface area contributed by atoms with Crippen LogP contribution in [0.1, 0.15) is 35.4 Å².